The Morgan fingerprint density at radius 1 is 1.39 bits per heavy atom. The van der Waals surface area contributed by atoms with E-state index in [0.29, 0.717) is 11.6 Å². The first-order chi connectivity index (χ1) is 20.9. The number of pyridine rings is 1. The molecule has 2 fully saturated rings. The van der Waals surface area contributed by atoms with E-state index in [1.807, 2.05) is 29.1 Å². The fourth-order valence-corrected chi connectivity index (χ4v) is 7.25. The lowest BCUT2D eigenvalue weighted by molar-refractivity contribution is -0.689. The fraction of sp³-hybridized carbons (Fsp3) is 0.423. The van der Waals surface area contributed by atoms with Gasteiger partial charge < -0.3 is 41.1 Å². The number of aromatic nitrogens is 2. The van der Waals surface area contributed by atoms with Gasteiger partial charge in [0.1, 0.15) is 21.4 Å². The molecular weight excluding hydrogens is 636 g/mol. The molecule has 3 aliphatic heterocycles. The zero-order valence-electron chi connectivity index (χ0n) is 23.6. The number of nitrogen functional groups attached to an aromatic ring is 1. The normalized spacial score (nSPS) is 22.7. The second kappa shape index (κ2) is 13.0. The maximum atomic E-state index is 13.3. The molecule has 0 radical (unpaired) electrons. The van der Waals surface area contributed by atoms with Gasteiger partial charge in [-0.2, -0.15) is 0 Å². The summed E-state index contributed by atoms with van der Waals surface area (Å²) in [5.41, 5.74) is 6.36. The molecule has 1 unspecified atom stereocenters. The standard InChI is InChI=1S/C26H29ClN8O7S2/c1-12-9-34(8-5-29-12)15-3-6-33(7-4-15)10-14-11-43-23-18(22(37)35(23)19(14)25(40)41)30-21(36)17(32-42-13(2)24(38)39)16-20(27)44-26(28)31-16/h3-4,6-7,12-13,18,23,29H,5,8-11H2,1-2H3,(H4-,28,30,31,36,38,39,40,41)/b32-17-/t12?,13-,18+,23+/m0/s1. The molecular formula is C26H29ClN8O7S2. The summed E-state index contributed by atoms with van der Waals surface area (Å²) in [7, 11) is 0. The van der Waals surface area contributed by atoms with Crippen LogP contribution in [0.1, 0.15) is 19.5 Å². The van der Waals surface area contributed by atoms with Gasteiger partial charge in [0.05, 0.1) is 11.7 Å². The number of carbonyl (C=O) groups is 4. The highest BCUT2D eigenvalue weighted by Gasteiger charge is 2.53. The quantitative estimate of drug-likeness (QED) is 0.102. The zero-order valence-corrected chi connectivity index (χ0v) is 25.9. The van der Waals surface area contributed by atoms with Gasteiger partial charge in [0.2, 0.25) is 6.10 Å². The van der Waals surface area contributed by atoms with Gasteiger partial charge in [0.15, 0.2) is 29.8 Å². The summed E-state index contributed by atoms with van der Waals surface area (Å²) in [6.45, 7) is 6.20. The van der Waals surface area contributed by atoms with Gasteiger partial charge in [-0.15, -0.1) is 11.8 Å². The Kier molecular flexibility index (Phi) is 9.28. The van der Waals surface area contributed by atoms with Gasteiger partial charge in [-0.1, -0.05) is 28.1 Å². The summed E-state index contributed by atoms with van der Waals surface area (Å²) < 4.78 is 1.83. The lowest BCUT2D eigenvalue weighted by atomic mass is 10.0. The molecule has 5 rings (SSSR count). The van der Waals surface area contributed by atoms with Crippen molar-refractivity contribution in [2.75, 3.05) is 36.0 Å². The SMILES string of the molecule is CC1CN(c2cc[n+](CC3=C(C(=O)[O-])N4C(=O)[C@@H](NC(=O)/C(=N\O[C@@H](C)C(=O)O)c5nc(N)sc5Cl)[C@H]4SC3)cc2)CCN1. The van der Waals surface area contributed by atoms with Crippen LogP contribution in [0.5, 0.6) is 0 Å². The van der Waals surface area contributed by atoms with E-state index >= 15 is 0 Å². The Morgan fingerprint density at radius 3 is 2.73 bits per heavy atom. The number of thiazole rings is 1. The highest BCUT2D eigenvalue weighted by atomic mass is 35.5. The van der Waals surface area contributed by atoms with Crippen LogP contribution in [0.4, 0.5) is 10.8 Å². The van der Waals surface area contributed by atoms with Crippen molar-refractivity contribution < 1.29 is 38.8 Å². The minimum Gasteiger partial charge on any atom is -0.543 e. The van der Waals surface area contributed by atoms with Crippen molar-refractivity contribution in [2.24, 2.45) is 5.16 Å². The molecule has 2 amide bonds. The number of rotatable bonds is 10. The van der Waals surface area contributed by atoms with Crippen molar-refractivity contribution in [1.82, 2.24) is 20.5 Å². The number of nitrogens with one attached hydrogen (secondary N) is 2. The Morgan fingerprint density at radius 2 is 2.11 bits per heavy atom. The third-order valence-electron chi connectivity index (χ3n) is 7.20. The molecule has 5 N–H and O–H groups in total. The molecule has 3 aliphatic rings. The number of nitrogens with two attached hydrogens (primary N) is 1. The summed E-state index contributed by atoms with van der Waals surface area (Å²) in [6.07, 6.45) is 2.32. The van der Waals surface area contributed by atoms with Crippen LogP contribution in [0.3, 0.4) is 0 Å². The number of aliphatic carboxylic acids is 2. The fourth-order valence-electron chi connectivity index (χ4n) is 4.99. The molecule has 0 aromatic carbocycles. The summed E-state index contributed by atoms with van der Waals surface area (Å²) in [4.78, 5) is 62.2. The van der Waals surface area contributed by atoms with E-state index < -0.39 is 47.0 Å². The number of carboxylic acid groups (broad SMARTS) is 2. The van der Waals surface area contributed by atoms with Crippen LogP contribution in [0.15, 0.2) is 41.0 Å². The van der Waals surface area contributed by atoms with E-state index in [1.54, 1.807) is 0 Å². The van der Waals surface area contributed by atoms with Crippen LogP contribution >= 0.6 is 34.7 Å². The summed E-state index contributed by atoms with van der Waals surface area (Å²) in [5.74, 6) is -4.17. The topological polar surface area (TPSA) is 206 Å². The number of halogens is 1. The van der Waals surface area contributed by atoms with Crippen LogP contribution in [0, 0.1) is 0 Å². The molecule has 0 spiro atoms. The number of carboxylic acids is 2. The van der Waals surface area contributed by atoms with Crippen molar-refractivity contribution >= 4 is 75.0 Å². The minimum atomic E-state index is -1.50. The Hall–Kier alpha value is -3.93. The van der Waals surface area contributed by atoms with E-state index in [0.717, 1.165) is 41.6 Å². The number of oxime groups is 1. The highest BCUT2D eigenvalue weighted by Crippen LogP contribution is 2.40. The van der Waals surface area contributed by atoms with Crippen molar-refractivity contribution in [3.8, 4) is 0 Å². The van der Waals surface area contributed by atoms with E-state index in [9.17, 15) is 24.3 Å². The second-order valence-corrected chi connectivity index (χ2v) is 13.1. The first-order valence-corrected chi connectivity index (χ1v) is 15.7. The number of amides is 2. The van der Waals surface area contributed by atoms with Crippen LogP contribution in [0.2, 0.25) is 4.34 Å². The monoisotopic (exact) mass is 664 g/mol. The molecule has 2 saturated heterocycles. The van der Waals surface area contributed by atoms with Crippen molar-refractivity contribution in [1.29, 1.82) is 0 Å². The Bertz CT molecular complexity index is 1550. The van der Waals surface area contributed by atoms with E-state index in [1.165, 1.54) is 18.7 Å². The molecule has 4 atom stereocenters. The third-order valence-corrected chi connectivity index (χ3v) is 9.62. The number of β-lactam (4-membered cyclic amide) rings is 1. The Labute approximate surface area is 264 Å². The smallest absolute Gasteiger partial charge is 0.347 e. The van der Waals surface area contributed by atoms with E-state index in [-0.39, 0.29) is 33.2 Å². The molecule has 44 heavy (non-hydrogen) atoms. The number of hydrogen-bond acceptors (Lipinski definition) is 13. The third kappa shape index (κ3) is 6.45. The summed E-state index contributed by atoms with van der Waals surface area (Å²) >= 11 is 8.30. The summed E-state index contributed by atoms with van der Waals surface area (Å²) in [6, 6.07) is 3.20. The van der Waals surface area contributed by atoms with Crippen molar-refractivity contribution in [3.63, 3.8) is 0 Å². The van der Waals surface area contributed by atoms with Gasteiger partial charge in [-0.25, -0.2) is 14.3 Å². The van der Waals surface area contributed by atoms with Gasteiger partial charge in [-0.05, 0) is 13.8 Å². The molecule has 15 nitrogen and oxygen atoms in total. The van der Waals surface area contributed by atoms with Crippen LogP contribution in [0.25, 0.3) is 0 Å². The predicted molar refractivity (Wildman–Crippen MR) is 160 cm³/mol. The van der Waals surface area contributed by atoms with Crippen LogP contribution in [-0.2, 0) is 30.6 Å². The average molecular weight is 665 g/mol. The maximum absolute atomic E-state index is 13.3. The predicted octanol–water partition coefficient (Wildman–Crippen LogP) is -1.24. The van der Waals surface area contributed by atoms with Gasteiger partial charge in [0.25, 0.3) is 11.8 Å². The number of fused-ring (bicyclic) bond motifs is 1. The maximum Gasteiger partial charge on any atom is 0.347 e. The van der Waals surface area contributed by atoms with Gasteiger partial charge in [-0.3, -0.25) is 14.5 Å². The highest BCUT2D eigenvalue weighted by molar-refractivity contribution is 8.00. The van der Waals surface area contributed by atoms with Crippen molar-refractivity contribution in [3.05, 3.63) is 45.8 Å². The average Bonchev–Trinajstić information content (AvgIpc) is 3.32. The molecule has 0 bridgehead atoms. The lowest BCUT2D eigenvalue weighted by Crippen LogP contribution is -2.71. The number of anilines is 2. The molecule has 2 aromatic rings. The number of hydrogen-bond donors (Lipinski definition) is 4. The van der Waals surface area contributed by atoms with Gasteiger partial charge in [0, 0.05) is 54.8 Å². The van der Waals surface area contributed by atoms with Crippen LogP contribution in [-0.4, -0.2) is 93.4 Å². The molecule has 18 heteroatoms. The number of carbonyl (C=O) groups excluding carboxylic acids is 3. The molecule has 0 saturated carbocycles. The van der Waals surface area contributed by atoms with E-state index in [2.05, 4.69) is 32.6 Å². The first-order valence-electron chi connectivity index (χ1n) is 13.5. The lowest BCUT2D eigenvalue weighted by Gasteiger charge is -2.50. The van der Waals surface area contributed by atoms with Crippen LogP contribution < -0.4 is 30.9 Å². The molecule has 2 aromatic heterocycles. The molecule has 0 aliphatic carbocycles. The first kappa shape index (κ1) is 31.5. The molecule has 5 heterocycles. The van der Waals surface area contributed by atoms with Gasteiger partial charge >= 0.3 is 5.97 Å². The second-order valence-electron chi connectivity index (χ2n) is 10.3. The Balaban J connectivity index is 1.31. The zero-order chi connectivity index (χ0) is 31.7. The number of thioether (sulfide) groups is 1. The minimum absolute atomic E-state index is 0.00331. The number of piperazine rings is 1. The largest absolute Gasteiger partial charge is 0.543 e. The van der Waals surface area contributed by atoms with Crippen molar-refractivity contribution in [2.45, 2.75) is 44.0 Å². The molecule has 234 valence electrons. The number of nitrogens with zero attached hydrogens (tertiary/aromatic N) is 5. The summed E-state index contributed by atoms with van der Waals surface area (Å²) in [5, 5.41) is 30.2. The van der Waals surface area contributed by atoms with E-state index in [4.69, 9.17) is 27.3 Å².